The molecule has 0 N–H and O–H groups in total. The van der Waals surface area contributed by atoms with Crippen LogP contribution in [0.5, 0.6) is 0 Å². The molecular weight excluding hydrogens is 313 g/mol. The van der Waals surface area contributed by atoms with Crippen molar-refractivity contribution in [3.05, 3.63) is 42.0 Å². The SMILES string of the molecule is FC(F)(F)c1ccc([SiH2]CC=CCCCCCCCl)cc1. The van der Waals surface area contributed by atoms with E-state index in [2.05, 4.69) is 12.2 Å². The van der Waals surface area contributed by atoms with Gasteiger partial charge in [-0.3, -0.25) is 0 Å². The smallest absolute Gasteiger partial charge is 0.166 e. The molecule has 0 aliphatic heterocycles. The van der Waals surface area contributed by atoms with Crippen molar-refractivity contribution in [2.45, 2.75) is 44.3 Å². The Morgan fingerprint density at radius 3 is 2.24 bits per heavy atom. The Morgan fingerprint density at radius 1 is 0.952 bits per heavy atom. The van der Waals surface area contributed by atoms with Gasteiger partial charge in [-0.05, 0) is 25.3 Å². The van der Waals surface area contributed by atoms with Gasteiger partial charge in [-0.1, -0.05) is 54.4 Å². The Hall–Kier alpha value is -0.743. The maximum absolute atomic E-state index is 12.4. The molecule has 0 spiro atoms. The molecular formula is C16H22ClF3Si. The Labute approximate surface area is 132 Å². The molecule has 1 aromatic carbocycles. The topological polar surface area (TPSA) is 0 Å². The fraction of sp³-hybridized carbons (Fsp3) is 0.500. The molecule has 1 aromatic rings. The average molecular weight is 335 g/mol. The number of benzene rings is 1. The summed E-state index contributed by atoms with van der Waals surface area (Å²) in [5.41, 5.74) is -0.562. The molecule has 0 atom stereocenters. The van der Waals surface area contributed by atoms with Gasteiger partial charge in [-0.15, -0.1) is 11.6 Å². The van der Waals surface area contributed by atoms with Crippen molar-refractivity contribution in [3.8, 4) is 0 Å². The Kier molecular flexibility index (Phi) is 8.77. The Balaban J connectivity index is 2.18. The van der Waals surface area contributed by atoms with Gasteiger partial charge in [0.2, 0.25) is 0 Å². The van der Waals surface area contributed by atoms with E-state index in [1.165, 1.54) is 31.4 Å². The number of unbranched alkanes of at least 4 members (excludes halogenated alkanes) is 4. The summed E-state index contributed by atoms with van der Waals surface area (Å²) in [6.45, 7) is 0. The van der Waals surface area contributed by atoms with Crippen molar-refractivity contribution >= 4 is 26.3 Å². The van der Waals surface area contributed by atoms with Gasteiger partial charge in [0.15, 0.2) is 0 Å². The summed E-state index contributed by atoms with van der Waals surface area (Å²) in [5, 5.41) is 1.08. The number of allylic oxidation sites excluding steroid dienone is 2. The molecule has 1 rings (SSSR count). The molecule has 0 aromatic heterocycles. The van der Waals surface area contributed by atoms with E-state index in [0.29, 0.717) is 0 Å². The third kappa shape index (κ3) is 8.32. The van der Waals surface area contributed by atoms with Crippen LogP contribution >= 0.6 is 11.6 Å². The summed E-state index contributed by atoms with van der Waals surface area (Å²) < 4.78 is 37.2. The highest BCUT2D eigenvalue weighted by Crippen LogP contribution is 2.28. The molecule has 0 unspecified atom stereocenters. The second kappa shape index (κ2) is 10.1. The molecule has 118 valence electrons. The minimum atomic E-state index is -4.23. The van der Waals surface area contributed by atoms with Crippen LogP contribution in [0, 0.1) is 0 Å². The number of hydrogen-bond donors (Lipinski definition) is 0. The van der Waals surface area contributed by atoms with Crippen LogP contribution in [0.4, 0.5) is 13.2 Å². The van der Waals surface area contributed by atoms with E-state index < -0.39 is 21.3 Å². The molecule has 0 saturated carbocycles. The summed E-state index contributed by atoms with van der Waals surface area (Å²) in [6.07, 6.45) is 5.91. The van der Waals surface area contributed by atoms with Gasteiger partial charge in [0.05, 0.1) is 15.1 Å². The van der Waals surface area contributed by atoms with Crippen LogP contribution in [0.25, 0.3) is 0 Å². The second-order valence-corrected chi connectivity index (χ2v) is 7.37. The van der Waals surface area contributed by atoms with Crippen molar-refractivity contribution in [1.29, 1.82) is 0 Å². The highest BCUT2D eigenvalue weighted by molar-refractivity contribution is 6.53. The number of alkyl halides is 4. The van der Waals surface area contributed by atoms with E-state index in [-0.39, 0.29) is 0 Å². The number of hydrogen-bond acceptors (Lipinski definition) is 0. The predicted octanol–water partition coefficient (Wildman–Crippen LogP) is 4.66. The molecule has 0 bridgehead atoms. The first-order valence-corrected chi connectivity index (χ1v) is 9.65. The summed E-state index contributed by atoms with van der Waals surface area (Å²) in [7, 11) is -0.490. The first kappa shape index (κ1) is 18.3. The van der Waals surface area contributed by atoms with E-state index in [4.69, 9.17) is 11.6 Å². The first-order chi connectivity index (χ1) is 10.0. The minimum Gasteiger partial charge on any atom is -0.166 e. The summed E-state index contributed by atoms with van der Waals surface area (Å²) in [4.78, 5) is 0. The molecule has 0 fully saturated rings. The molecule has 0 heterocycles. The Morgan fingerprint density at radius 2 is 1.62 bits per heavy atom. The molecule has 0 amide bonds. The Bertz CT molecular complexity index is 413. The zero-order valence-electron chi connectivity index (χ0n) is 12.1. The summed E-state index contributed by atoms with van der Waals surface area (Å²) in [6, 6.07) is 6.61. The van der Waals surface area contributed by atoms with E-state index in [0.717, 1.165) is 30.0 Å². The lowest BCUT2D eigenvalue weighted by Crippen LogP contribution is -2.14. The quantitative estimate of drug-likeness (QED) is 0.266. The molecule has 0 saturated heterocycles. The van der Waals surface area contributed by atoms with E-state index in [9.17, 15) is 13.2 Å². The van der Waals surface area contributed by atoms with Crippen molar-refractivity contribution in [3.63, 3.8) is 0 Å². The number of rotatable bonds is 9. The third-order valence-electron chi connectivity index (χ3n) is 3.30. The van der Waals surface area contributed by atoms with E-state index >= 15 is 0 Å². The third-order valence-corrected chi connectivity index (χ3v) is 5.24. The molecule has 0 aliphatic rings. The molecule has 0 nitrogen and oxygen atoms in total. The van der Waals surface area contributed by atoms with Crippen molar-refractivity contribution in [1.82, 2.24) is 0 Å². The fourth-order valence-electron chi connectivity index (χ4n) is 2.06. The largest absolute Gasteiger partial charge is 0.416 e. The van der Waals surface area contributed by atoms with Crippen LogP contribution in [0.15, 0.2) is 36.4 Å². The lowest BCUT2D eigenvalue weighted by molar-refractivity contribution is -0.137. The number of halogens is 4. The van der Waals surface area contributed by atoms with E-state index in [1.54, 1.807) is 12.1 Å². The van der Waals surface area contributed by atoms with Gasteiger partial charge >= 0.3 is 6.18 Å². The maximum atomic E-state index is 12.4. The lowest BCUT2D eigenvalue weighted by atomic mass is 10.1. The molecule has 0 radical (unpaired) electrons. The van der Waals surface area contributed by atoms with Crippen molar-refractivity contribution in [2.75, 3.05) is 5.88 Å². The van der Waals surface area contributed by atoms with Crippen LogP contribution in [0.3, 0.4) is 0 Å². The van der Waals surface area contributed by atoms with Gasteiger partial charge < -0.3 is 0 Å². The van der Waals surface area contributed by atoms with Gasteiger partial charge in [-0.25, -0.2) is 0 Å². The molecule has 5 heteroatoms. The zero-order valence-corrected chi connectivity index (χ0v) is 14.3. The normalized spacial score (nSPS) is 12.8. The second-order valence-electron chi connectivity index (χ2n) is 5.10. The van der Waals surface area contributed by atoms with Crippen LogP contribution < -0.4 is 5.19 Å². The van der Waals surface area contributed by atoms with Crippen molar-refractivity contribution < 1.29 is 13.2 Å². The average Bonchev–Trinajstić information content (AvgIpc) is 2.45. The first-order valence-electron chi connectivity index (χ1n) is 7.41. The van der Waals surface area contributed by atoms with Crippen LogP contribution in [0.2, 0.25) is 6.04 Å². The van der Waals surface area contributed by atoms with Gasteiger partial charge in [0, 0.05) is 5.88 Å². The standard InChI is InChI=1S/C16H22ClF3Si/c17-12-6-4-2-1-3-5-7-13-21-15-10-8-14(9-11-15)16(18,19)20/h5,7-11H,1-4,6,12-13,21H2. The monoisotopic (exact) mass is 334 g/mol. The highest BCUT2D eigenvalue weighted by atomic mass is 35.5. The molecule has 21 heavy (non-hydrogen) atoms. The van der Waals surface area contributed by atoms with Crippen LogP contribution in [-0.2, 0) is 6.18 Å². The summed E-state index contributed by atoms with van der Waals surface area (Å²) >= 11 is 5.60. The zero-order chi connectivity index (χ0) is 15.6. The molecule has 0 aliphatic carbocycles. The van der Waals surface area contributed by atoms with Gasteiger partial charge in [0.25, 0.3) is 0 Å². The lowest BCUT2D eigenvalue weighted by Gasteiger charge is -2.06. The van der Waals surface area contributed by atoms with Crippen LogP contribution in [-0.4, -0.2) is 15.4 Å². The van der Waals surface area contributed by atoms with Crippen LogP contribution in [0.1, 0.15) is 37.7 Å². The highest BCUT2D eigenvalue weighted by Gasteiger charge is 2.29. The predicted molar refractivity (Wildman–Crippen MR) is 87.4 cm³/mol. The van der Waals surface area contributed by atoms with Crippen molar-refractivity contribution in [2.24, 2.45) is 0 Å². The summed E-state index contributed by atoms with van der Waals surface area (Å²) in [5.74, 6) is 0.745. The van der Waals surface area contributed by atoms with Gasteiger partial charge in [-0.2, -0.15) is 13.2 Å². The van der Waals surface area contributed by atoms with E-state index in [1.807, 2.05) is 0 Å². The maximum Gasteiger partial charge on any atom is 0.416 e. The fourth-order valence-corrected chi connectivity index (χ4v) is 3.55. The van der Waals surface area contributed by atoms with Gasteiger partial charge in [0.1, 0.15) is 0 Å². The minimum absolute atomic E-state index is 0.490.